The molecular weight excluding hydrogens is 240 g/mol. The summed E-state index contributed by atoms with van der Waals surface area (Å²) in [6, 6.07) is 3.54. The molecule has 1 aromatic carbocycles. The number of carboxylic acids is 1. The van der Waals surface area contributed by atoms with Crippen molar-refractivity contribution in [1.29, 1.82) is 0 Å². The molecular formula is C13H17ClO3. The van der Waals surface area contributed by atoms with Crippen molar-refractivity contribution in [3.63, 3.8) is 0 Å². The van der Waals surface area contributed by atoms with Gasteiger partial charge in [-0.1, -0.05) is 38.4 Å². The Morgan fingerprint density at radius 3 is 2.41 bits per heavy atom. The van der Waals surface area contributed by atoms with Crippen LogP contribution >= 0.6 is 11.6 Å². The Morgan fingerprint density at radius 2 is 1.94 bits per heavy atom. The number of aliphatic carboxylic acids is 1. The molecule has 0 heterocycles. The molecule has 0 fully saturated rings. The first-order chi connectivity index (χ1) is 7.82. The second-order valence-corrected chi connectivity index (χ2v) is 5.02. The van der Waals surface area contributed by atoms with Gasteiger partial charge in [0.2, 0.25) is 0 Å². The second-order valence-electron chi connectivity index (χ2n) is 4.61. The van der Waals surface area contributed by atoms with E-state index < -0.39 is 11.9 Å². The molecule has 0 bridgehead atoms. The van der Waals surface area contributed by atoms with Gasteiger partial charge >= 0.3 is 5.97 Å². The number of hydrogen-bond acceptors (Lipinski definition) is 2. The van der Waals surface area contributed by atoms with Crippen LogP contribution in [0, 0.1) is 5.92 Å². The zero-order chi connectivity index (χ0) is 13.2. The highest BCUT2D eigenvalue weighted by Crippen LogP contribution is 2.33. The molecule has 0 amide bonds. The van der Waals surface area contributed by atoms with E-state index in [9.17, 15) is 9.90 Å². The Labute approximate surface area is 106 Å². The van der Waals surface area contributed by atoms with Gasteiger partial charge in [-0.15, -0.1) is 0 Å². The number of benzene rings is 1. The van der Waals surface area contributed by atoms with Gasteiger partial charge in [-0.05, 0) is 29.5 Å². The number of rotatable bonds is 4. The van der Waals surface area contributed by atoms with E-state index in [1.165, 1.54) is 0 Å². The Bertz CT molecular complexity index is 427. The first-order valence-electron chi connectivity index (χ1n) is 5.57. The van der Waals surface area contributed by atoms with Crippen molar-refractivity contribution < 1.29 is 15.0 Å². The molecule has 1 atom stereocenters. The third-order valence-electron chi connectivity index (χ3n) is 2.78. The topological polar surface area (TPSA) is 57.5 Å². The summed E-state index contributed by atoms with van der Waals surface area (Å²) in [7, 11) is 0. The van der Waals surface area contributed by atoms with Crippen LogP contribution in [-0.4, -0.2) is 16.2 Å². The van der Waals surface area contributed by atoms with E-state index in [4.69, 9.17) is 16.7 Å². The van der Waals surface area contributed by atoms with Crippen LogP contribution < -0.4 is 0 Å². The lowest BCUT2D eigenvalue weighted by atomic mass is 9.95. The molecule has 17 heavy (non-hydrogen) atoms. The lowest BCUT2D eigenvalue weighted by molar-refractivity contribution is -0.141. The molecule has 0 saturated heterocycles. The maximum atomic E-state index is 10.8. The number of carbonyl (C=O) groups is 1. The Hall–Kier alpha value is -1.22. The number of halogens is 1. The number of hydrogen-bond donors (Lipinski definition) is 2. The van der Waals surface area contributed by atoms with Crippen molar-refractivity contribution in [3.05, 3.63) is 28.3 Å². The average molecular weight is 257 g/mol. The van der Waals surface area contributed by atoms with Gasteiger partial charge in [0.1, 0.15) is 5.75 Å². The Kier molecular flexibility index (Phi) is 4.40. The third kappa shape index (κ3) is 3.37. The van der Waals surface area contributed by atoms with Gasteiger partial charge in [0.15, 0.2) is 0 Å². The lowest BCUT2D eigenvalue weighted by Crippen LogP contribution is -2.12. The van der Waals surface area contributed by atoms with Crippen LogP contribution in [0.3, 0.4) is 0 Å². The van der Waals surface area contributed by atoms with Crippen molar-refractivity contribution in [1.82, 2.24) is 0 Å². The van der Waals surface area contributed by atoms with E-state index in [1.807, 2.05) is 19.9 Å². The van der Waals surface area contributed by atoms with Gasteiger partial charge < -0.3 is 10.2 Å². The summed E-state index contributed by atoms with van der Waals surface area (Å²) < 4.78 is 0. The van der Waals surface area contributed by atoms with Crippen molar-refractivity contribution in [3.8, 4) is 5.75 Å². The third-order valence-corrected chi connectivity index (χ3v) is 3.07. The summed E-state index contributed by atoms with van der Waals surface area (Å²) >= 11 is 5.93. The van der Waals surface area contributed by atoms with Crippen LogP contribution in [0.1, 0.15) is 37.8 Å². The maximum absolute atomic E-state index is 10.8. The predicted molar refractivity (Wildman–Crippen MR) is 67.7 cm³/mol. The molecule has 0 radical (unpaired) electrons. The molecule has 1 unspecified atom stereocenters. The number of carboxylic acid groups (broad SMARTS) is 1. The second kappa shape index (κ2) is 5.41. The standard InChI is InChI=1S/C13H17ClO3/c1-7(2)9-5-10(4-8(3)13(16)17)12(15)11(14)6-9/h5-8,15H,4H2,1-3H3,(H,16,17). The minimum absolute atomic E-state index is 0.0100. The Morgan fingerprint density at radius 1 is 1.35 bits per heavy atom. The number of phenolic OH excluding ortho intramolecular Hbond substituents is 1. The highest BCUT2D eigenvalue weighted by Gasteiger charge is 2.17. The molecule has 0 aromatic heterocycles. The van der Waals surface area contributed by atoms with Gasteiger partial charge in [0, 0.05) is 0 Å². The number of phenols is 1. The van der Waals surface area contributed by atoms with Crippen molar-refractivity contribution in [2.75, 3.05) is 0 Å². The Balaban J connectivity index is 3.09. The van der Waals surface area contributed by atoms with Crippen molar-refractivity contribution in [2.24, 2.45) is 5.92 Å². The fourth-order valence-electron chi connectivity index (χ4n) is 1.59. The maximum Gasteiger partial charge on any atom is 0.306 e. The highest BCUT2D eigenvalue weighted by molar-refractivity contribution is 6.32. The van der Waals surface area contributed by atoms with Gasteiger partial charge in [-0.2, -0.15) is 0 Å². The van der Waals surface area contributed by atoms with Crippen molar-refractivity contribution >= 4 is 17.6 Å². The van der Waals surface area contributed by atoms with E-state index in [0.717, 1.165) is 5.56 Å². The van der Waals surface area contributed by atoms with Crippen LogP contribution in [-0.2, 0) is 11.2 Å². The average Bonchev–Trinajstić information content (AvgIpc) is 2.23. The summed E-state index contributed by atoms with van der Waals surface area (Å²) in [6.07, 6.45) is 0.279. The molecule has 1 aromatic rings. The zero-order valence-corrected chi connectivity index (χ0v) is 11.0. The summed E-state index contributed by atoms with van der Waals surface area (Å²) in [5, 5.41) is 19.0. The smallest absolute Gasteiger partial charge is 0.306 e. The van der Waals surface area contributed by atoms with E-state index in [-0.39, 0.29) is 23.1 Å². The minimum atomic E-state index is -0.879. The SMILES string of the molecule is CC(Cc1cc(C(C)C)cc(Cl)c1O)C(=O)O. The zero-order valence-electron chi connectivity index (χ0n) is 10.2. The van der Waals surface area contributed by atoms with Gasteiger partial charge in [-0.25, -0.2) is 0 Å². The molecule has 0 aliphatic heterocycles. The highest BCUT2D eigenvalue weighted by atomic mass is 35.5. The first kappa shape index (κ1) is 13.8. The van der Waals surface area contributed by atoms with Gasteiger partial charge in [-0.3, -0.25) is 4.79 Å². The van der Waals surface area contributed by atoms with Crippen LogP contribution in [0.25, 0.3) is 0 Å². The lowest BCUT2D eigenvalue weighted by Gasteiger charge is -2.13. The largest absolute Gasteiger partial charge is 0.506 e. The number of aromatic hydroxyl groups is 1. The summed E-state index contributed by atoms with van der Waals surface area (Å²) in [5.74, 6) is -1.15. The van der Waals surface area contributed by atoms with E-state index in [1.54, 1.807) is 13.0 Å². The molecule has 0 spiro atoms. The molecule has 94 valence electrons. The van der Waals surface area contributed by atoms with Gasteiger partial charge in [0.25, 0.3) is 0 Å². The molecule has 0 aliphatic carbocycles. The van der Waals surface area contributed by atoms with E-state index in [0.29, 0.717) is 5.56 Å². The molecule has 0 saturated carbocycles. The molecule has 4 heteroatoms. The monoisotopic (exact) mass is 256 g/mol. The quantitative estimate of drug-likeness (QED) is 0.868. The minimum Gasteiger partial charge on any atom is -0.506 e. The fraction of sp³-hybridized carbons (Fsp3) is 0.462. The normalized spacial score (nSPS) is 12.8. The van der Waals surface area contributed by atoms with Crippen LogP contribution in [0.4, 0.5) is 0 Å². The van der Waals surface area contributed by atoms with E-state index >= 15 is 0 Å². The first-order valence-corrected chi connectivity index (χ1v) is 5.94. The fourth-order valence-corrected chi connectivity index (χ4v) is 1.83. The molecule has 0 aliphatic rings. The summed E-state index contributed by atoms with van der Waals surface area (Å²) in [6.45, 7) is 5.65. The predicted octanol–water partition coefficient (Wildman–Crippen LogP) is 3.43. The van der Waals surface area contributed by atoms with Crippen molar-refractivity contribution in [2.45, 2.75) is 33.1 Å². The summed E-state index contributed by atoms with van der Waals surface area (Å²) in [4.78, 5) is 10.8. The molecule has 3 nitrogen and oxygen atoms in total. The molecule has 1 rings (SSSR count). The van der Waals surface area contributed by atoms with Crippen LogP contribution in [0.15, 0.2) is 12.1 Å². The van der Waals surface area contributed by atoms with Gasteiger partial charge in [0.05, 0.1) is 10.9 Å². The van der Waals surface area contributed by atoms with E-state index in [2.05, 4.69) is 0 Å². The van der Waals surface area contributed by atoms with Crippen LogP contribution in [0.5, 0.6) is 5.75 Å². The summed E-state index contributed by atoms with van der Waals surface area (Å²) in [5.41, 5.74) is 1.59. The molecule has 2 N–H and O–H groups in total. The van der Waals surface area contributed by atoms with Crippen LogP contribution in [0.2, 0.25) is 5.02 Å².